The quantitative estimate of drug-likeness (QED) is 0.587. The van der Waals surface area contributed by atoms with Crippen LogP contribution in [0.2, 0.25) is 0 Å². The van der Waals surface area contributed by atoms with Gasteiger partial charge >= 0.3 is 0 Å². The first-order valence-electron chi connectivity index (χ1n) is 10.3. The highest BCUT2D eigenvalue weighted by Gasteiger charge is 2.29. The van der Waals surface area contributed by atoms with Gasteiger partial charge in [0.1, 0.15) is 5.75 Å². The van der Waals surface area contributed by atoms with Gasteiger partial charge in [0, 0.05) is 25.7 Å². The van der Waals surface area contributed by atoms with Gasteiger partial charge in [-0.15, -0.1) is 0 Å². The molecule has 2 fully saturated rings. The van der Waals surface area contributed by atoms with Crippen molar-refractivity contribution >= 4 is 25.7 Å². The molecule has 1 saturated heterocycles. The molecule has 8 nitrogen and oxygen atoms in total. The zero-order chi connectivity index (χ0) is 22.1. The molecule has 0 aromatic heterocycles. The maximum absolute atomic E-state index is 12.7. The van der Waals surface area contributed by atoms with Gasteiger partial charge in [-0.05, 0) is 61.6 Å². The third kappa shape index (κ3) is 5.20. The van der Waals surface area contributed by atoms with Crippen molar-refractivity contribution in [1.82, 2.24) is 9.44 Å². The molecule has 10 heteroatoms. The summed E-state index contributed by atoms with van der Waals surface area (Å²) in [5.41, 5.74) is 1.01. The Hall–Kier alpha value is -2.14. The van der Waals surface area contributed by atoms with E-state index in [0.29, 0.717) is 6.54 Å². The van der Waals surface area contributed by atoms with E-state index < -0.39 is 20.0 Å². The van der Waals surface area contributed by atoms with Crippen LogP contribution in [0.15, 0.2) is 58.3 Å². The molecule has 2 aromatic rings. The molecule has 1 atom stereocenters. The monoisotopic (exact) mass is 465 g/mol. The predicted molar refractivity (Wildman–Crippen MR) is 118 cm³/mol. The topological polar surface area (TPSA) is 105 Å². The largest absolute Gasteiger partial charge is 0.495 e. The molecule has 1 unspecified atom stereocenters. The summed E-state index contributed by atoms with van der Waals surface area (Å²) in [5.74, 6) is 0.969. The van der Waals surface area contributed by atoms with Crippen molar-refractivity contribution in [2.75, 3.05) is 31.6 Å². The number of para-hydroxylation sites is 2. The summed E-state index contributed by atoms with van der Waals surface area (Å²) >= 11 is 0. The Morgan fingerprint density at radius 3 is 2.23 bits per heavy atom. The van der Waals surface area contributed by atoms with Crippen LogP contribution in [0.4, 0.5) is 5.69 Å². The van der Waals surface area contributed by atoms with Crippen LogP contribution in [-0.2, 0) is 20.0 Å². The maximum Gasteiger partial charge on any atom is 0.240 e. The first kappa shape index (κ1) is 22.1. The van der Waals surface area contributed by atoms with Gasteiger partial charge in [-0.1, -0.05) is 12.1 Å². The Bertz CT molecular complexity index is 1130. The van der Waals surface area contributed by atoms with Crippen LogP contribution < -0.4 is 19.1 Å². The van der Waals surface area contributed by atoms with Crippen molar-refractivity contribution in [1.29, 1.82) is 0 Å². The summed E-state index contributed by atoms with van der Waals surface area (Å²) in [6.07, 6.45) is 2.54. The summed E-state index contributed by atoms with van der Waals surface area (Å²) in [6, 6.07) is 13.1. The van der Waals surface area contributed by atoms with Crippen LogP contribution in [0.25, 0.3) is 0 Å². The van der Waals surface area contributed by atoms with Gasteiger partial charge in [0.05, 0.1) is 22.6 Å². The van der Waals surface area contributed by atoms with Crippen LogP contribution in [0, 0.1) is 5.92 Å². The van der Waals surface area contributed by atoms with E-state index in [1.165, 1.54) is 24.3 Å². The fraction of sp³-hybridized carbons (Fsp3) is 0.429. The molecule has 1 saturated carbocycles. The number of ether oxygens (including phenoxy) is 1. The lowest BCUT2D eigenvalue weighted by Gasteiger charge is -2.21. The molecule has 0 spiro atoms. The molecule has 1 aliphatic carbocycles. The van der Waals surface area contributed by atoms with Gasteiger partial charge in [0.2, 0.25) is 20.0 Å². The Balaban J connectivity index is 1.36. The Labute approximate surface area is 183 Å². The highest BCUT2D eigenvalue weighted by molar-refractivity contribution is 7.90. The van der Waals surface area contributed by atoms with E-state index in [4.69, 9.17) is 4.74 Å². The molecule has 0 radical (unpaired) electrons. The van der Waals surface area contributed by atoms with E-state index in [0.717, 1.165) is 43.8 Å². The van der Waals surface area contributed by atoms with E-state index in [2.05, 4.69) is 14.3 Å². The first-order chi connectivity index (χ1) is 14.8. The summed E-state index contributed by atoms with van der Waals surface area (Å²) in [5, 5.41) is 0. The second-order valence-corrected chi connectivity index (χ2v) is 11.5. The molecule has 2 aromatic carbocycles. The maximum atomic E-state index is 12.7. The number of hydrogen-bond acceptors (Lipinski definition) is 6. The lowest BCUT2D eigenvalue weighted by atomic mass is 10.1. The van der Waals surface area contributed by atoms with Gasteiger partial charge in [0.25, 0.3) is 0 Å². The minimum Gasteiger partial charge on any atom is -0.495 e. The van der Waals surface area contributed by atoms with Gasteiger partial charge in [-0.25, -0.2) is 26.3 Å². The molecule has 1 heterocycles. The number of hydrogen-bond donors (Lipinski definition) is 2. The van der Waals surface area contributed by atoms with Crippen LogP contribution in [0.3, 0.4) is 0 Å². The van der Waals surface area contributed by atoms with Crippen molar-refractivity contribution in [2.24, 2.45) is 5.92 Å². The smallest absolute Gasteiger partial charge is 0.240 e. The third-order valence-corrected chi connectivity index (χ3v) is 8.59. The third-order valence-electron chi connectivity index (χ3n) is 5.62. The van der Waals surface area contributed by atoms with Crippen LogP contribution in [0.5, 0.6) is 5.75 Å². The summed E-state index contributed by atoms with van der Waals surface area (Å²) < 4.78 is 60.5. The number of nitrogens with zero attached hydrogens (tertiary/aromatic N) is 1. The molecule has 0 bridgehead atoms. The first-order valence-corrected chi connectivity index (χ1v) is 13.3. The van der Waals surface area contributed by atoms with Crippen molar-refractivity contribution in [3.05, 3.63) is 48.5 Å². The number of benzene rings is 2. The molecule has 1 aliphatic heterocycles. The van der Waals surface area contributed by atoms with Crippen LogP contribution >= 0.6 is 0 Å². The highest BCUT2D eigenvalue weighted by Crippen LogP contribution is 2.32. The SMILES string of the molecule is COc1ccccc1N1CCC(CNS(=O)(=O)c2ccc(S(=O)(=O)NC3CC3)cc2)C1. The highest BCUT2D eigenvalue weighted by atomic mass is 32.2. The van der Waals surface area contributed by atoms with Crippen molar-refractivity contribution in [3.8, 4) is 5.75 Å². The molecular formula is C21H27N3O5S2. The van der Waals surface area contributed by atoms with E-state index in [1.54, 1.807) is 7.11 Å². The minimum absolute atomic E-state index is 0.00286. The van der Waals surface area contributed by atoms with E-state index in [-0.39, 0.29) is 21.8 Å². The molecule has 168 valence electrons. The number of nitrogens with one attached hydrogen (secondary N) is 2. The summed E-state index contributed by atoms with van der Waals surface area (Å²) in [4.78, 5) is 2.32. The number of anilines is 1. The fourth-order valence-electron chi connectivity index (χ4n) is 3.71. The van der Waals surface area contributed by atoms with Crippen molar-refractivity contribution < 1.29 is 21.6 Å². The lowest BCUT2D eigenvalue weighted by molar-refractivity contribution is 0.414. The zero-order valence-electron chi connectivity index (χ0n) is 17.3. The molecule has 2 N–H and O–H groups in total. The predicted octanol–water partition coefficient (Wildman–Crippen LogP) is 1.94. The molecule has 4 rings (SSSR count). The number of sulfonamides is 2. The van der Waals surface area contributed by atoms with E-state index in [1.807, 2.05) is 24.3 Å². The molecule has 2 aliphatic rings. The zero-order valence-corrected chi connectivity index (χ0v) is 19.0. The van der Waals surface area contributed by atoms with Gasteiger partial charge in [-0.2, -0.15) is 0 Å². The van der Waals surface area contributed by atoms with Crippen LogP contribution in [0.1, 0.15) is 19.3 Å². The van der Waals surface area contributed by atoms with E-state index >= 15 is 0 Å². The van der Waals surface area contributed by atoms with Gasteiger partial charge in [0.15, 0.2) is 0 Å². The fourth-order valence-corrected chi connectivity index (χ4v) is 6.13. The van der Waals surface area contributed by atoms with E-state index in [9.17, 15) is 16.8 Å². The van der Waals surface area contributed by atoms with Crippen LogP contribution in [-0.4, -0.2) is 49.6 Å². The Kier molecular flexibility index (Phi) is 6.25. The Morgan fingerprint density at radius 2 is 1.58 bits per heavy atom. The standard InChI is InChI=1S/C21H27N3O5S2/c1-29-21-5-3-2-4-20(21)24-13-12-16(15-24)14-22-30(25,26)18-8-10-19(11-9-18)31(27,28)23-17-6-7-17/h2-5,8-11,16-17,22-23H,6-7,12-15H2,1H3. The van der Waals surface area contributed by atoms with Gasteiger partial charge < -0.3 is 9.64 Å². The summed E-state index contributed by atoms with van der Waals surface area (Å²) in [6.45, 7) is 1.87. The molecule has 0 amide bonds. The minimum atomic E-state index is -3.72. The van der Waals surface area contributed by atoms with Crippen molar-refractivity contribution in [2.45, 2.75) is 35.1 Å². The van der Waals surface area contributed by atoms with Gasteiger partial charge in [-0.3, -0.25) is 0 Å². The molecular weight excluding hydrogens is 438 g/mol. The summed E-state index contributed by atoms with van der Waals surface area (Å²) in [7, 11) is -5.69. The molecule has 31 heavy (non-hydrogen) atoms. The average Bonchev–Trinajstić information content (AvgIpc) is 3.44. The average molecular weight is 466 g/mol. The second-order valence-electron chi connectivity index (χ2n) is 7.99. The second kappa shape index (κ2) is 8.78. The number of rotatable bonds is 9. The Morgan fingerprint density at radius 1 is 0.935 bits per heavy atom. The van der Waals surface area contributed by atoms with Crippen molar-refractivity contribution in [3.63, 3.8) is 0 Å². The number of methoxy groups -OCH3 is 1. The normalized spacial score (nSPS) is 19.5. The lowest BCUT2D eigenvalue weighted by Crippen LogP contribution is -2.31.